The van der Waals surface area contributed by atoms with Crippen molar-refractivity contribution in [3.63, 3.8) is 0 Å². The first-order chi connectivity index (χ1) is 12.4. The van der Waals surface area contributed by atoms with Gasteiger partial charge in [0, 0.05) is 4.88 Å². The largest absolute Gasteiger partial charge is 0.465 e. The molecule has 2 heterocycles. The molecule has 0 aliphatic heterocycles. The Hall–Kier alpha value is -2.00. The molecular weight excluding hydrogens is 390 g/mol. The second kappa shape index (κ2) is 7.71. The van der Waals surface area contributed by atoms with E-state index in [1.54, 1.807) is 5.38 Å². The van der Waals surface area contributed by atoms with Gasteiger partial charge in [0.15, 0.2) is 0 Å². The second-order valence-corrected chi connectivity index (χ2v) is 9.16. The van der Waals surface area contributed by atoms with Gasteiger partial charge in [-0.05, 0) is 35.4 Å². The van der Waals surface area contributed by atoms with E-state index in [2.05, 4.69) is 9.46 Å². The Labute approximate surface area is 160 Å². The molecule has 3 rings (SSSR count). The number of rotatable bonds is 6. The molecule has 1 aromatic carbocycles. The number of benzene rings is 1. The molecule has 0 aliphatic carbocycles. The molecule has 1 atom stereocenters. The minimum absolute atomic E-state index is 0.0637. The second-order valence-electron chi connectivity index (χ2n) is 5.59. The molecule has 26 heavy (non-hydrogen) atoms. The van der Waals surface area contributed by atoms with E-state index < -0.39 is 22.0 Å². The lowest BCUT2D eigenvalue weighted by Gasteiger charge is -2.18. The van der Waals surface area contributed by atoms with Crippen molar-refractivity contribution in [1.82, 2.24) is 4.72 Å². The van der Waals surface area contributed by atoms with E-state index in [0.717, 1.165) is 27.3 Å². The predicted molar refractivity (Wildman–Crippen MR) is 103 cm³/mol. The Balaban J connectivity index is 2.00. The number of thiophene rings is 2. The van der Waals surface area contributed by atoms with Gasteiger partial charge >= 0.3 is 5.97 Å². The number of nitrogens with one attached hydrogen (secondary N) is 1. The SMILES string of the molecule is COC(=O)c1sccc1S(=O)(=O)NC(c1ccc(C)cc1)c1cccs1. The lowest BCUT2D eigenvalue weighted by molar-refractivity contribution is 0.0602. The maximum atomic E-state index is 13.0. The molecule has 1 N–H and O–H groups in total. The topological polar surface area (TPSA) is 72.5 Å². The first kappa shape index (κ1) is 18.8. The Kier molecular flexibility index (Phi) is 5.57. The molecule has 8 heteroatoms. The number of methoxy groups -OCH3 is 1. The van der Waals surface area contributed by atoms with E-state index in [-0.39, 0.29) is 9.77 Å². The number of ether oxygens (including phenoxy) is 1. The molecule has 0 fully saturated rings. The minimum atomic E-state index is -3.92. The van der Waals surface area contributed by atoms with Crippen molar-refractivity contribution < 1.29 is 17.9 Å². The molecule has 0 aliphatic rings. The highest BCUT2D eigenvalue weighted by molar-refractivity contribution is 7.89. The molecule has 0 saturated heterocycles. The molecule has 3 aromatic rings. The van der Waals surface area contributed by atoms with Crippen molar-refractivity contribution in [1.29, 1.82) is 0 Å². The average Bonchev–Trinajstić information content (AvgIpc) is 3.31. The summed E-state index contributed by atoms with van der Waals surface area (Å²) >= 11 is 2.51. The first-order valence-electron chi connectivity index (χ1n) is 7.70. The number of esters is 1. The van der Waals surface area contributed by atoms with E-state index in [1.807, 2.05) is 48.7 Å². The van der Waals surface area contributed by atoms with E-state index in [9.17, 15) is 13.2 Å². The monoisotopic (exact) mass is 407 g/mol. The molecule has 0 bridgehead atoms. The summed E-state index contributed by atoms with van der Waals surface area (Å²) in [4.78, 5) is 12.7. The summed E-state index contributed by atoms with van der Waals surface area (Å²) in [5.74, 6) is -0.664. The molecule has 0 spiro atoms. The van der Waals surface area contributed by atoms with Gasteiger partial charge in [-0.2, -0.15) is 4.72 Å². The Morgan fingerprint density at radius 1 is 1.08 bits per heavy atom. The summed E-state index contributed by atoms with van der Waals surface area (Å²) in [7, 11) is -2.69. The fourth-order valence-electron chi connectivity index (χ4n) is 2.47. The van der Waals surface area contributed by atoms with Crippen LogP contribution in [0, 0.1) is 6.92 Å². The molecule has 5 nitrogen and oxygen atoms in total. The van der Waals surface area contributed by atoms with Crippen LogP contribution >= 0.6 is 22.7 Å². The third kappa shape index (κ3) is 3.88. The molecule has 1 unspecified atom stereocenters. The molecule has 0 radical (unpaired) electrons. The van der Waals surface area contributed by atoms with Gasteiger partial charge in [0.2, 0.25) is 10.0 Å². The zero-order chi connectivity index (χ0) is 18.7. The molecule has 0 amide bonds. The summed E-state index contributed by atoms with van der Waals surface area (Å²) < 4.78 is 33.4. The standard InChI is InChI=1S/C18H17NO4S3/c1-12-5-7-13(8-6-12)16(14-4-3-10-24-14)19-26(21,22)15-9-11-25-17(15)18(20)23-2/h3-11,16,19H,1-2H3. The summed E-state index contributed by atoms with van der Waals surface area (Å²) in [5.41, 5.74) is 1.92. The lowest BCUT2D eigenvalue weighted by atomic mass is 10.0. The van der Waals surface area contributed by atoms with Gasteiger partial charge in [-0.1, -0.05) is 35.9 Å². The zero-order valence-electron chi connectivity index (χ0n) is 14.1. The van der Waals surface area contributed by atoms with E-state index >= 15 is 0 Å². The van der Waals surface area contributed by atoms with Gasteiger partial charge in [-0.15, -0.1) is 22.7 Å². The van der Waals surface area contributed by atoms with Gasteiger partial charge < -0.3 is 4.74 Å². The van der Waals surface area contributed by atoms with Gasteiger partial charge in [0.25, 0.3) is 0 Å². The van der Waals surface area contributed by atoms with Crippen LogP contribution in [0.2, 0.25) is 0 Å². The first-order valence-corrected chi connectivity index (χ1v) is 10.9. The predicted octanol–water partition coefficient (Wildman–Crippen LogP) is 3.97. The number of aryl methyl sites for hydroxylation is 1. The van der Waals surface area contributed by atoms with Crippen molar-refractivity contribution in [2.45, 2.75) is 17.9 Å². The third-order valence-electron chi connectivity index (χ3n) is 3.80. The van der Waals surface area contributed by atoms with Crippen molar-refractivity contribution in [3.05, 3.63) is 74.1 Å². The van der Waals surface area contributed by atoms with Gasteiger partial charge in [-0.25, -0.2) is 13.2 Å². The van der Waals surface area contributed by atoms with E-state index in [0.29, 0.717) is 0 Å². The van der Waals surface area contributed by atoms with Crippen LogP contribution in [0.4, 0.5) is 0 Å². The number of carbonyl (C=O) groups excluding carboxylic acids is 1. The highest BCUT2D eigenvalue weighted by Crippen LogP contribution is 2.30. The number of sulfonamides is 1. The maximum absolute atomic E-state index is 13.0. The lowest BCUT2D eigenvalue weighted by Crippen LogP contribution is -2.29. The van der Waals surface area contributed by atoms with E-state index in [4.69, 9.17) is 0 Å². The van der Waals surface area contributed by atoms with Gasteiger partial charge in [0.1, 0.15) is 9.77 Å². The minimum Gasteiger partial charge on any atom is -0.465 e. The van der Waals surface area contributed by atoms with Crippen molar-refractivity contribution in [2.75, 3.05) is 7.11 Å². The van der Waals surface area contributed by atoms with Crippen molar-refractivity contribution in [2.24, 2.45) is 0 Å². The number of hydrogen-bond donors (Lipinski definition) is 1. The fraction of sp³-hybridized carbons (Fsp3) is 0.167. The maximum Gasteiger partial charge on any atom is 0.349 e. The summed E-state index contributed by atoms with van der Waals surface area (Å²) in [5, 5.41) is 3.46. The third-order valence-corrected chi connectivity index (χ3v) is 7.23. The van der Waals surface area contributed by atoms with Crippen LogP contribution in [0.5, 0.6) is 0 Å². The van der Waals surface area contributed by atoms with Crippen LogP contribution in [0.15, 0.2) is 58.1 Å². The number of carbonyl (C=O) groups is 1. The smallest absolute Gasteiger partial charge is 0.349 e. The normalized spacial score (nSPS) is 12.7. The quantitative estimate of drug-likeness (QED) is 0.628. The summed E-state index contributed by atoms with van der Waals surface area (Å²) in [6.07, 6.45) is 0. The molecule has 0 saturated carbocycles. The molecule has 2 aromatic heterocycles. The van der Waals surface area contributed by atoms with Crippen LogP contribution in [0.1, 0.15) is 31.7 Å². The van der Waals surface area contributed by atoms with Crippen molar-refractivity contribution >= 4 is 38.7 Å². The van der Waals surface area contributed by atoms with Gasteiger partial charge in [-0.3, -0.25) is 0 Å². The van der Waals surface area contributed by atoms with Crippen LogP contribution < -0.4 is 4.72 Å². The van der Waals surface area contributed by atoms with E-state index in [1.165, 1.54) is 24.5 Å². The van der Waals surface area contributed by atoms with Crippen LogP contribution in [0.25, 0.3) is 0 Å². The highest BCUT2D eigenvalue weighted by Gasteiger charge is 2.28. The molecular formula is C18H17NO4S3. The van der Waals surface area contributed by atoms with Crippen LogP contribution in [0.3, 0.4) is 0 Å². The zero-order valence-corrected chi connectivity index (χ0v) is 16.6. The molecule has 136 valence electrons. The fourth-order valence-corrected chi connectivity index (χ4v) is 5.89. The Morgan fingerprint density at radius 3 is 2.42 bits per heavy atom. The average molecular weight is 408 g/mol. The van der Waals surface area contributed by atoms with Crippen LogP contribution in [-0.2, 0) is 14.8 Å². The van der Waals surface area contributed by atoms with Gasteiger partial charge in [0.05, 0.1) is 13.2 Å². The summed E-state index contributed by atoms with van der Waals surface area (Å²) in [6.45, 7) is 1.97. The Bertz CT molecular complexity index is 990. The summed E-state index contributed by atoms with van der Waals surface area (Å²) in [6, 6.07) is 12.3. The van der Waals surface area contributed by atoms with Crippen molar-refractivity contribution in [3.8, 4) is 0 Å². The Morgan fingerprint density at radius 2 is 1.81 bits per heavy atom. The number of hydrogen-bond acceptors (Lipinski definition) is 6. The highest BCUT2D eigenvalue weighted by atomic mass is 32.2. The van der Waals surface area contributed by atoms with Crippen LogP contribution in [-0.4, -0.2) is 21.5 Å².